The quantitative estimate of drug-likeness (QED) is 0.878. The molecule has 0 saturated heterocycles. The van der Waals surface area contributed by atoms with Crippen LogP contribution < -0.4 is 5.32 Å². The number of halogens is 2. The van der Waals surface area contributed by atoms with E-state index in [2.05, 4.69) is 5.32 Å². The molecule has 0 unspecified atom stereocenters. The van der Waals surface area contributed by atoms with Crippen molar-refractivity contribution in [2.24, 2.45) is 0 Å². The second-order valence-corrected chi connectivity index (χ2v) is 5.01. The highest BCUT2D eigenvalue weighted by atomic mass is 19.1. The van der Waals surface area contributed by atoms with E-state index in [0.29, 0.717) is 5.56 Å². The van der Waals surface area contributed by atoms with E-state index in [0.717, 1.165) is 12.1 Å². The van der Waals surface area contributed by atoms with E-state index < -0.39 is 29.6 Å². The normalized spacial score (nSPS) is 11.7. The Labute approximate surface area is 132 Å². The fourth-order valence-electron chi connectivity index (χ4n) is 1.81. The summed E-state index contributed by atoms with van der Waals surface area (Å²) in [6, 6.07) is 9.24. The van der Waals surface area contributed by atoms with E-state index in [1.54, 1.807) is 6.92 Å². The summed E-state index contributed by atoms with van der Waals surface area (Å²) in [5.74, 6) is -2.46. The second-order valence-electron chi connectivity index (χ2n) is 5.01. The number of nitrogens with one attached hydrogen (secondary N) is 1. The van der Waals surface area contributed by atoms with E-state index >= 15 is 0 Å². The molecule has 1 N–H and O–H groups in total. The third-order valence-corrected chi connectivity index (χ3v) is 3.15. The van der Waals surface area contributed by atoms with Gasteiger partial charge < -0.3 is 10.1 Å². The Morgan fingerprint density at radius 2 is 1.87 bits per heavy atom. The van der Waals surface area contributed by atoms with E-state index in [-0.39, 0.29) is 11.3 Å². The first-order chi connectivity index (χ1) is 10.9. The highest BCUT2D eigenvalue weighted by Crippen LogP contribution is 2.13. The molecular weight excluding hydrogens is 304 g/mol. The monoisotopic (exact) mass is 319 g/mol. The van der Waals surface area contributed by atoms with Gasteiger partial charge in [-0.1, -0.05) is 12.1 Å². The van der Waals surface area contributed by atoms with Crippen molar-refractivity contribution >= 4 is 17.6 Å². The fourth-order valence-corrected chi connectivity index (χ4v) is 1.81. The van der Waals surface area contributed by atoms with Gasteiger partial charge in [0.15, 0.2) is 6.10 Å². The predicted molar refractivity (Wildman–Crippen MR) is 81.0 cm³/mol. The standard InChI is InChI=1S/C17H15F2NO3/c1-10-6-7-12(8-15(10)19)17(22)23-11(2)16(21)20-14-5-3-4-13(18)9-14/h3-9,11H,1-2H3,(H,20,21)/t11-/m0/s1. The number of amides is 1. The number of hydrogen-bond acceptors (Lipinski definition) is 3. The van der Waals surface area contributed by atoms with Gasteiger partial charge in [0.25, 0.3) is 5.91 Å². The maximum absolute atomic E-state index is 13.4. The maximum atomic E-state index is 13.4. The maximum Gasteiger partial charge on any atom is 0.339 e. The van der Waals surface area contributed by atoms with Crippen LogP contribution in [-0.4, -0.2) is 18.0 Å². The molecule has 4 nitrogen and oxygen atoms in total. The summed E-state index contributed by atoms with van der Waals surface area (Å²) in [5.41, 5.74) is 0.663. The van der Waals surface area contributed by atoms with Crippen molar-refractivity contribution in [3.63, 3.8) is 0 Å². The molecule has 1 amide bonds. The first-order valence-electron chi connectivity index (χ1n) is 6.90. The molecule has 0 bridgehead atoms. The lowest BCUT2D eigenvalue weighted by atomic mass is 10.1. The van der Waals surface area contributed by atoms with E-state index in [1.165, 1.54) is 37.3 Å². The van der Waals surface area contributed by atoms with Crippen molar-refractivity contribution in [3.8, 4) is 0 Å². The van der Waals surface area contributed by atoms with Crippen LogP contribution in [0.15, 0.2) is 42.5 Å². The average Bonchev–Trinajstić information content (AvgIpc) is 2.49. The zero-order valence-corrected chi connectivity index (χ0v) is 12.6. The zero-order chi connectivity index (χ0) is 17.0. The molecule has 0 aliphatic heterocycles. The van der Waals surface area contributed by atoms with Gasteiger partial charge in [0.2, 0.25) is 0 Å². The SMILES string of the molecule is Cc1ccc(C(=O)O[C@@H](C)C(=O)Nc2cccc(F)c2)cc1F. The van der Waals surface area contributed by atoms with Gasteiger partial charge in [-0.05, 0) is 49.7 Å². The Morgan fingerprint density at radius 3 is 2.52 bits per heavy atom. The molecule has 0 saturated carbocycles. The molecule has 0 radical (unpaired) electrons. The molecule has 0 spiro atoms. The molecule has 2 aromatic rings. The Hall–Kier alpha value is -2.76. The van der Waals surface area contributed by atoms with Crippen LogP contribution in [0.2, 0.25) is 0 Å². The molecule has 6 heteroatoms. The third kappa shape index (κ3) is 4.35. The van der Waals surface area contributed by atoms with Gasteiger partial charge in [0.1, 0.15) is 11.6 Å². The van der Waals surface area contributed by atoms with Crippen molar-refractivity contribution in [2.75, 3.05) is 5.32 Å². The number of hydrogen-bond donors (Lipinski definition) is 1. The van der Waals surface area contributed by atoms with Gasteiger partial charge in [-0.2, -0.15) is 0 Å². The highest BCUT2D eigenvalue weighted by Gasteiger charge is 2.19. The van der Waals surface area contributed by atoms with Crippen LogP contribution in [0.5, 0.6) is 0 Å². The number of aryl methyl sites for hydroxylation is 1. The van der Waals surface area contributed by atoms with Crippen molar-refractivity contribution in [3.05, 3.63) is 65.2 Å². The van der Waals surface area contributed by atoms with Crippen LogP contribution in [0, 0.1) is 18.6 Å². The van der Waals surface area contributed by atoms with Crippen LogP contribution in [-0.2, 0) is 9.53 Å². The lowest BCUT2D eigenvalue weighted by Crippen LogP contribution is -2.30. The van der Waals surface area contributed by atoms with E-state index in [1.807, 2.05) is 0 Å². The number of carbonyl (C=O) groups excluding carboxylic acids is 2. The summed E-state index contributed by atoms with van der Waals surface area (Å²) in [4.78, 5) is 23.8. The van der Waals surface area contributed by atoms with Crippen molar-refractivity contribution in [2.45, 2.75) is 20.0 Å². The Kier molecular flexibility index (Phi) is 5.05. The topological polar surface area (TPSA) is 55.4 Å². The summed E-state index contributed by atoms with van der Waals surface area (Å²) in [6.07, 6.45) is -1.12. The molecule has 2 aromatic carbocycles. The summed E-state index contributed by atoms with van der Waals surface area (Å²) in [5, 5.41) is 2.43. The molecule has 2 rings (SSSR count). The number of carbonyl (C=O) groups is 2. The molecule has 0 aliphatic rings. The minimum atomic E-state index is -1.12. The van der Waals surface area contributed by atoms with Crippen LogP contribution in [0.25, 0.3) is 0 Å². The van der Waals surface area contributed by atoms with Gasteiger partial charge in [-0.3, -0.25) is 4.79 Å². The number of benzene rings is 2. The fraction of sp³-hybridized carbons (Fsp3) is 0.176. The predicted octanol–water partition coefficient (Wildman–Crippen LogP) is 3.46. The lowest BCUT2D eigenvalue weighted by molar-refractivity contribution is -0.123. The molecule has 0 fully saturated rings. The van der Waals surface area contributed by atoms with Crippen LogP contribution in [0.3, 0.4) is 0 Å². The van der Waals surface area contributed by atoms with Gasteiger partial charge in [-0.25, -0.2) is 13.6 Å². The third-order valence-electron chi connectivity index (χ3n) is 3.15. The van der Waals surface area contributed by atoms with Crippen molar-refractivity contribution in [1.82, 2.24) is 0 Å². The summed E-state index contributed by atoms with van der Waals surface area (Å²) >= 11 is 0. The molecule has 0 heterocycles. The van der Waals surface area contributed by atoms with Crippen LogP contribution in [0.4, 0.5) is 14.5 Å². The van der Waals surface area contributed by atoms with Crippen molar-refractivity contribution in [1.29, 1.82) is 0 Å². The summed E-state index contributed by atoms with van der Waals surface area (Å²) in [7, 11) is 0. The molecular formula is C17H15F2NO3. The first kappa shape index (κ1) is 16.6. The van der Waals surface area contributed by atoms with E-state index in [9.17, 15) is 18.4 Å². The Morgan fingerprint density at radius 1 is 1.13 bits per heavy atom. The largest absolute Gasteiger partial charge is 0.449 e. The van der Waals surface area contributed by atoms with Gasteiger partial charge in [-0.15, -0.1) is 0 Å². The molecule has 0 aliphatic carbocycles. The zero-order valence-electron chi connectivity index (χ0n) is 12.6. The molecule has 23 heavy (non-hydrogen) atoms. The van der Waals surface area contributed by atoms with Gasteiger partial charge >= 0.3 is 5.97 Å². The van der Waals surface area contributed by atoms with Crippen molar-refractivity contribution < 1.29 is 23.1 Å². The smallest absolute Gasteiger partial charge is 0.339 e. The number of ether oxygens (including phenoxy) is 1. The van der Waals surface area contributed by atoms with Crippen LogP contribution >= 0.6 is 0 Å². The number of anilines is 1. The molecule has 120 valence electrons. The number of rotatable bonds is 4. The Bertz CT molecular complexity index is 746. The summed E-state index contributed by atoms with van der Waals surface area (Å²) in [6.45, 7) is 2.94. The minimum absolute atomic E-state index is 0.0125. The van der Waals surface area contributed by atoms with Gasteiger partial charge in [0, 0.05) is 5.69 Å². The molecule has 1 atom stereocenters. The highest BCUT2D eigenvalue weighted by molar-refractivity contribution is 5.97. The minimum Gasteiger partial charge on any atom is -0.449 e. The average molecular weight is 319 g/mol. The Balaban J connectivity index is 2.00. The second kappa shape index (κ2) is 7.00. The van der Waals surface area contributed by atoms with E-state index in [4.69, 9.17) is 4.74 Å². The van der Waals surface area contributed by atoms with Crippen LogP contribution in [0.1, 0.15) is 22.8 Å². The first-order valence-corrected chi connectivity index (χ1v) is 6.90. The van der Waals surface area contributed by atoms with Gasteiger partial charge in [0.05, 0.1) is 5.56 Å². The molecule has 0 aromatic heterocycles. The number of esters is 1. The summed E-state index contributed by atoms with van der Waals surface area (Å²) < 4.78 is 31.5. The lowest BCUT2D eigenvalue weighted by Gasteiger charge is -2.13.